The topological polar surface area (TPSA) is 101 Å². The van der Waals surface area contributed by atoms with Gasteiger partial charge in [0.05, 0.1) is 18.9 Å². The van der Waals surface area contributed by atoms with Gasteiger partial charge < -0.3 is 19.8 Å². The van der Waals surface area contributed by atoms with Crippen molar-refractivity contribution in [3.63, 3.8) is 0 Å². The van der Waals surface area contributed by atoms with Gasteiger partial charge in [0.2, 0.25) is 11.8 Å². The lowest BCUT2D eigenvalue weighted by molar-refractivity contribution is -0.126. The molecule has 1 aliphatic heterocycles. The molecule has 8 nitrogen and oxygen atoms in total. The molecule has 3 amide bonds. The summed E-state index contributed by atoms with van der Waals surface area (Å²) in [5.41, 5.74) is 2.15. The van der Waals surface area contributed by atoms with E-state index in [1.807, 2.05) is 55.5 Å². The molecule has 2 aromatic carbocycles. The number of carbonyl (C=O) groups excluding carboxylic acids is 3. The Kier molecular flexibility index (Phi) is 7.95. The number of anilines is 1. The highest BCUT2D eigenvalue weighted by Crippen LogP contribution is 2.29. The first-order chi connectivity index (χ1) is 17.0. The molecule has 4 rings (SSSR count). The molecule has 3 aromatic rings. The number of furan rings is 1. The zero-order chi connectivity index (χ0) is 24.6. The van der Waals surface area contributed by atoms with E-state index in [2.05, 4.69) is 10.6 Å². The van der Waals surface area contributed by atoms with Gasteiger partial charge in [-0.25, -0.2) is 0 Å². The quantitative estimate of drug-likeness (QED) is 0.494. The molecule has 1 aromatic heterocycles. The molecular formula is C27H29N3O5. The van der Waals surface area contributed by atoms with Crippen LogP contribution in [0.15, 0.2) is 77.4 Å². The Balaban J connectivity index is 1.63. The smallest absolute Gasteiger partial charge is 0.287 e. The predicted molar refractivity (Wildman–Crippen MR) is 131 cm³/mol. The normalized spacial score (nSPS) is 15.9. The van der Waals surface area contributed by atoms with Crippen molar-refractivity contribution in [2.45, 2.75) is 31.9 Å². The maximum Gasteiger partial charge on any atom is 0.287 e. The van der Waals surface area contributed by atoms with Crippen LogP contribution in [0.1, 0.15) is 40.6 Å². The first-order valence-corrected chi connectivity index (χ1v) is 11.7. The zero-order valence-electron chi connectivity index (χ0n) is 19.6. The van der Waals surface area contributed by atoms with Crippen LogP contribution in [0.2, 0.25) is 0 Å². The minimum atomic E-state index is -0.938. The second kappa shape index (κ2) is 11.5. The van der Waals surface area contributed by atoms with Gasteiger partial charge in [0.1, 0.15) is 6.04 Å². The Bertz CT molecular complexity index is 1140. The molecule has 1 aliphatic rings. The van der Waals surface area contributed by atoms with Gasteiger partial charge in [0, 0.05) is 18.8 Å². The summed E-state index contributed by atoms with van der Waals surface area (Å²) >= 11 is 0. The number of amides is 3. The van der Waals surface area contributed by atoms with Crippen LogP contribution in [-0.4, -0.2) is 43.5 Å². The van der Waals surface area contributed by atoms with E-state index in [9.17, 15) is 14.4 Å². The lowest BCUT2D eigenvalue weighted by Gasteiger charge is -2.32. The number of rotatable bonds is 9. The second-order valence-corrected chi connectivity index (χ2v) is 8.46. The fourth-order valence-electron chi connectivity index (χ4n) is 4.12. The number of carbonyl (C=O) groups is 3. The summed E-state index contributed by atoms with van der Waals surface area (Å²) in [6, 6.07) is 18.7. The number of nitrogens with one attached hydrogen (secondary N) is 2. The molecular weight excluding hydrogens is 446 g/mol. The van der Waals surface area contributed by atoms with Crippen molar-refractivity contribution in [2.24, 2.45) is 0 Å². The number of hydrogen-bond donors (Lipinski definition) is 2. The van der Waals surface area contributed by atoms with Crippen molar-refractivity contribution in [1.29, 1.82) is 0 Å². The minimum Gasteiger partial charge on any atom is -0.459 e. The molecule has 2 N–H and O–H groups in total. The Morgan fingerprint density at radius 1 is 1.03 bits per heavy atom. The molecule has 0 radical (unpaired) electrons. The van der Waals surface area contributed by atoms with Crippen LogP contribution in [-0.2, 0) is 14.3 Å². The molecule has 2 atom stereocenters. The summed E-state index contributed by atoms with van der Waals surface area (Å²) in [6.07, 6.45) is 3.20. The third kappa shape index (κ3) is 6.16. The van der Waals surface area contributed by atoms with E-state index in [0.29, 0.717) is 24.4 Å². The van der Waals surface area contributed by atoms with Crippen LogP contribution < -0.4 is 15.5 Å². The van der Waals surface area contributed by atoms with Crippen LogP contribution in [0.3, 0.4) is 0 Å². The Hall–Kier alpha value is -3.91. The van der Waals surface area contributed by atoms with Crippen LogP contribution >= 0.6 is 0 Å². The molecule has 2 heterocycles. The average Bonchev–Trinajstić information content (AvgIpc) is 3.59. The zero-order valence-corrected chi connectivity index (χ0v) is 19.6. The number of benzene rings is 2. The Morgan fingerprint density at radius 2 is 1.86 bits per heavy atom. The minimum absolute atomic E-state index is 0.0360. The molecule has 0 unspecified atom stereocenters. The van der Waals surface area contributed by atoms with Gasteiger partial charge in [-0.15, -0.1) is 0 Å². The monoisotopic (exact) mass is 475 g/mol. The van der Waals surface area contributed by atoms with Gasteiger partial charge in [-0.1, -0.05) is 42.5 Å². The largest absolute Gasteiger partial charge is 0.459 e. The number of hydrogen-bond acceptors (Lipinski definition) is 5. The van der Waals surface area contributed by atoms with Crippen LogP contribution in [0, 0.1) is 6.92 Å². The summed E-state index contributed by atoms with van der Waals surface area (Å²) in [6.45, 7) is 2.66. The molecule has 182 valence electrons. The lowest BCUT2D eigenvalue weighted by atomic mass is 10.0. The van der Waals surface area contributed by atoms with Gasteiger partial charge in [-0.3, -0.25) is 19.3 Å². The number of aryl methyl sites for hydroxylation is 1. The third-order valence-corrected chi connectivity index (χ3v) is 5.84. The van der Waals surface area contributed by atoms with E-state index >= 15 is 0 Å². The van der Waals surface area contributed by atoms with Crippen LogP contribution in [0.5, 0.6) is 0 Å². The predicted octanol–water partition coefficient (Wildman–Crippen LogP) is 3.39. The highest BCUT2D eigenvalue weighted by Gasteiger charge is 2.33. The summed E-state index contributed by atoms with van der Waals surface area (Å²) in [4.78, 5) is 41.0. The summed E-state index contributed by atoms with van der Waals surface area (Å²) in [5.74, 6) is -1.16. The molecule has 1 fully saturated rings. The maximum absolute atomic E-state index is 13.6. The molecule has 8 heteroatoms. The van der Waals surface area contributed by atoms with E-state index in [1.165, 1.54) is 17.2 Å². The van der Waals surface area contributed by atoms with E-state index < -0.39 is 17.9 Å². The summed E-state index contributed by atoms with van der Waals surface area (Å²) < 4.78 is 10.8. The van der Waals surface area contributed by atoms with Gasteiger partial charge in [0.25, 0.3) is 5.91 Å². The summed E-state index contributed by atoms with van der Waals surface area (Å²) in [5, 5.41) is 5.57. The van der Waals surface area contributed by atoms with Crippen molar-refractivity contribution in [2.75, 3.05) is 24.6 Å². The van der Waals surface area contributed by atoms with Crippen molar-refractivity contribution < 1.29 is 23.5 Å². The highest BCUT2D eigenvalue weighted by molar-refractivity contribution is 6.04. The summed E-state index contributed by atoms with van der Waals surface area (Å²) in [7, 11) is 0. The molecule has 35 heavy (non-hydrogen) atoms. The molecule has 0 spiro atoms. The fourth-order valence-corrected chi connectivity index (χ4v) is 4.12. The second-order valence-electron chi connectivity index (χ2n) is 8.46. The standard InChI is InChI=1S/C27H29N3O5/c1-19-8-5-11-21(16-19)30(24(31)18-29-26(32)23-13-7-15-35-23)25(20-9-3-2-4-10-20)27(33)28-17-22-12-6-14-34-22/h2-5,7-11,13,15-16,22,25H,6,12,14,17-18H2,1H3,(H,28,33)(H,29,32)/t22-,25-/m1/s1. The maximum atomic E-state index is 13.6. The van der Waals surface area contributed by atoms with Crippen molar-refractivity contribution in [3.8, 4) is 0 Å². The molecule has 1 saturated heterocycles. The van der Waals surface area contributed by atoms with Crippen molar-refractivity contribution >= 4 is 23.4 Å². The van der Waals surface area contributed by atoms with Gasteiger partial charge in [-0.2, -0.15) is 0 Å². The Morgan fingerprint density at radius 3 is 2.54 bits per heavy atom. The first-order valence-electron chi connectivity index (χ1n) is 11.7. The molecule has 0 saturated carbocycles. The van der Waals surface area contributed by atoms with Crippen LogP contribution in [0.25, 0.3) is 0 Å². The molecule has 0 aliphatic carbocycles. The number of nitrogens with zero attached hydrogens (tertiary/aromatic N) is 1. The Labute approximate surface area is 204 Å². The van der Waals surface area contributed by atoms with E-state index in [4.69, 9.17) is 9.15 Å². The number of ether oxygens (including phenoxy) is 1. The van der Waals surface area contributed by atoms with Gasteiger partial charge in [-0.05, 0) is 55.2 Å². The average molecular weight is 476 g/mol. The van der Waals surface area contributed by atoms with E-state index in [-0.39, 0.29) is 24.3 Å². The van der Waals surface area contributed by atoms with E-state index in [1.54, 1.807) is 12.1 Å². The molecule has 0 bridgehead atoms. The van der Waals surface area contributed by atoms with Gasteiger partial charge in [0.15, 0.2) is 5.76 Å². The van der Waals surface area contributed by atoms with E-state index in [0.717, 1.165) is 18.4 Å². The SMILES string of the molecule is Cc1cccc(N(C(=O)CNC(=O)c2ccco2)[C@@H](C(=O)NC[C@H]2CCCO2)c2ccccc2)c1. The van der Waals surface area contributed by atoms with Crippen molar-refractivity contribution in [3.05, 3.63) is 89.9 Å². The van der Waals surface area contributed by atoms with Gasteiger partial charge >= 0.3 is 0 Å². The first kappa shape index (κ1) is 24.2. The lowest BCUT2D eigenvalue weighted by Crippen LogP contribution is -2.48. The highest BCUT2D eigenvalue weighted by atomic mass is 16.5. The third-order valence-electron chi connectivity index (χ3n) is 5.84. The fraction of sp³-hybridized carbons (Fsp3) is 0.296. The van der Waals surface area contributed by atoms with Crippen LogP contribution in [0.4, 0.5) is 5.69 Å². The van der Waals surface area contributed by atoms with Crippen molar-refractivity contribution in [1.82, 2.24) is 10.6 Å².